The summed E-state index contributed by atoms with van der Waals surface area (Å²) in [6.07, 6.45) is 2.11. The van der Waals surface area contributed by atoms with Gasteiger partial charge in [-0.1, -0.05) is 6.92 Å². The van der Waals surface area contributed by atoms with Gasteiger partial charge in [0.25, 0.3) is 5.91 Å². The molecule has 2 aliphatic heterocycles. The largest absolute Gasteiger partial charge is 0.368 e. The van der Waals surface area contributed by atoms with Crippen molar-refractivity contribution in [1.82, 2.24) is 15.5 Å². The molecule has 4 rings (SSSR count). The molecule has 0 spiro atoms. The van der Waals surface area contributed by atoms with Gasteiger partial charge in [0.15, 0.2) is 0 Å². The summed E-state index contributed by atoms with van der Waals surface area (Å²) < 4.78 is 13.5. The van der Waals surface area contributed by atoms with E-state index < -0.39 is 11.6 Å². The summed E-state index contributed by atoms with van der Waals surface area (Å²) in [6, 6.07) is 4.60. The summed E-state index contributed by atoms with van der Waals surface area (Å²) in [7, 11) is 0. The number of nitrogens with one attached hydrogen (secondary N) is 2. The molecule has 8 heteroatoms. The highest BCUT2D eigenvalue weighted by molar-refractivity contribution is 6.07. The van der Waals surface area contributed by atoms with E-state index in [0.717, 1.165) is 18.5 Å². The molecule has 156 valence electrons. The van der Waals surface area contributed by atoms with Gasteiger partial charge in [-0.3, -0.25) is 14.9 Å². The summed E-state index contributed by atoms with van der Waals surface area (Å²) in [4.78, 5) is 41.1. The second-order valence-corrected chi connectivity index (χ2v) is 8.50. The third kappa shape index (κ3) is 3.68. The normalized spacial score (nSPS) is 25.6. The quantitative estimate of drug-likeness (QED) is 0.736. The fraction of sp³-hybridized carbons (Fsp3) is 0.571. The van der Waals surface area contributed by atoms with Gasteiger partial charge in [-0.05, 0) is 55.9 Å². The molecular formula is C21H27FN4O3. The molecule has 2 saturated heterocycles. The van der Waals surface area contributed by atoms with E-state index in [-0.39, 0.29) is 29.5 Å². The monoisotopic (exact) mass is 402 g/mol. The number of carbonyl (C=O) groups excluding carboxylic acids is 3. The average Bonchev–Trinajstić information content (AvgIpc) is 3.50. The second-order valence-electron chi connectivity index (χ2n) is 8.50. The number of hydrogen-bond acceptors (Lipinski definition) is 4. The highest BCUT2D eigenvalue weighted by Gasteiger charge is 2.56. The third-order valence-corrected chi connectivity index (χ3v) is 6.39. The predicted molar refractivity (Wildman–Crippen MR) is 106 cm³/mol. The lowest BCUT2D eigenvalue weighted by Crippen LogP contribution is -2.54. The van der Waals surface area contributed by atoms with Crippen LogP contribution in [0, 0.1) is 24.6 Å². The molecule has 1 aliphatic carbocycles. The molecule has 3 aliphatic rings. The van der Waals surface area contributed by atoms with E-state index >= 15 is 0 Å². The van der Waals surface area contributed by atoms with E-state index in [1.807, 2.05) is 17.9 Å². The van der Waals surface area contributed by atoms with Crippen molar-refractivity contribution >= 4 is 23.5 Å². The first-order chi connectivity index (χ1) is 13.8. The van der Waals surface area contributed by atoms with Crippen LogP contribution in [-0.2, 0) is 9.59 Å². The van der Waals surface area contributed by atoms with E-state index in [1.54, 1.807) is 13.0 Å². The van der Waals surface area contributed by atoms with Crippen LogP contribution in [0.1, 0.15) is 31.7 Å². The summed E-state index contributed by atoms with van der Waals surface area (Å²) >= 11 is 0. The van der Waals surface area contributed by atoms with Crippen molar-refractivity contribution in [1.29, 1.82) is 0 Å². The molecule has 2 unspecified atom stereocenters. The van der Waals surface area contributed by atoms with Crippen molar-refractivity contribution in [3.8, 4) is 0 Å². The van der Waals surface area contributed by atoms with Crippen LogP contribution in [0.2, 0.25) is 0 Å². The lowest BCUT2D eigenvalue weighted by Gasteiger charge is -2.38. The number of halogens is 1. The molecule has 1 aromatic carbocycles. The van der Waals surface area contributed by atoms with E-state index in [4.69, 9.17) is 0 Å². The Morgan fingerprint density at radius 1 is 1.24 bits per heavy atom. The standard InChI is InChI=1S/C21H27FN4O3/c1-13-11-16(5-6-17(13)22)25-7-9-26(10-8-25)18(27)14(2)12-21(15-3-4-15)19(28)23-20(29)24-21/h5-6,11,14-15H,3-4,7-10,12H2,1-2H3,(H2,23,24,28,29). The van der Waals surface area contributed by atoms with Crippen LogP contribution in [0.15, 0.2) is 18.2 Å². The maximum atomic E-state index is 13.5. The van der Waals surface area contributed by atoms with Gasteiger partial charge in [0.2, 0.25) is 5.91 Å². The van der Waals surface area contributed by atoms with Gasteiger partial charge >= 0.3 is 6.03 Å². The van der Waals surface area contributed by atoms with E-state index in [9.17, 15) is 18.8 Å². The highest BCUT2D eigenvalue weighted by atomic mass is 19.1. The minimum atomic E-state index is -0.945. The number of piperazine rings is 1. The predicted octanol–water partition coefficient (Wildman–Crippen LogP) is 1.80. The average molecular weight is 402 g/mol. The van der Waals surface area contributed by atoms with Crippen molar-refractivity contribution in [3.05, 3.63) is 29.6 Å². The summed E-state index contributed by atoms with van der Waals surface area (Å²) in [5, 5.41) is 5.14. The second kappa shape index (κ2) is 7.31. The SMILES string of the molecule is Cc1cc(N2CCN(C(=O)C(C)CC3(C4CC4)NC(=O)NC3=O)CC2)ccc1F. The highest BCUT2D eigenvalue weighted by Crippen LogP contribution is 2.44. The number of imide groups is 1. The Balaban J connectivity index is 1.37. The molecule has 1 saturated carbocycles. The van der Waals surface area contributed by atoms with Crippen LogP contribution < -0.4 is 15.5 Å². The number of nitrogens with zero attached hydrogens (tertiary/aromatic N) is 2. The van der Waals surface area contributed by atoms with Gasteiger partial charge in [-0.2, -0.15) is 0 Å². The van der Waals surface area contributed by atoms with Crippen molar-refractivity contribution in [2.75, 3.05) is 31.1 Å². The van der Waals surface area contributed by atoms with Crippen LogP contribution in [0.3, 0.4) is 0 Å². The molecule has 1 aromatic rings. The van der Waals surface area contributed by atoms with Gasteiger partial charge in [0.1, 0.15) is 11.4 Å². The molecule has 0 radical (unpaired) electrons. The number of anilines is 1. The van der Waals surface area contributed by atoms with Crippen molar-refractivity contribution < 1.29 is 18.8 Å². The molecule has 2 atom stereocenters. The molecule has 7 nitrogen and oxygen atoms in total. The summed E-state index contributed by atoms with van der Waals surface area (Å²) in [6.45, 7) is 6.08. The minimum absolute atomic E-state index is 0.00825. The maximum Gasteiger partial charge on any atom is 0.322 e. The number of benzene rings is 1. The zero-order chi connectivity index (χ0) is 20.8. The minimum Gasteiger partial charge on any atom is -0.368 e. The Hall–Kier alpha value is -2.64. The Bertz CT molecular complexity index is 848. The fourth-order valence-corrected chi connectivity index (χ4v) is 4.57. The topological polar surface area (TPSA) is 81.8 Å². The van der Waals surface area contributed by atoms with Gasteiger partial charge < -0.3 is 15.1 Å². The first-order valence-corrected chi connectivity index (χ1v) is 10.2. The zero-order valence-corrected chi connectivity index (χ0v) is 16.8. The molecule has 0 aromatic heterocycles. The molecule has 4 amide bonds. The molecule has 0 bridgehead atoms. The van der Waals surface area contributed by atoms with Gasteiger partial charge in [-0.15, -0.1) is 0 Å². The van der Waals surface area contributed by atoms with Gasteiger partial charge in [0.05, 0.1) is 0 Å². The number of aryl methyl sites for hydroxylation is 1. The Morgan fingerprint density at radius 3 is 2.48 bits per heavy atom. The Kier molecular flexibility index (Phi) is 4.96. The molecule has 29 heavy (non-hydrogen) atoms. The smallest absolute Gasteiger partial charge is 0.322 e. The number of rotatable bonds is 5. The number of amides is 4. The van der Waals surface area contributed by atoms with E-state index in [0.29, 0.717) is 38.2 Å². The van der Waals surface area contributed by atoms with Crippen LogP contribution in [-0.4, -0.2) is 54.5 Å². The molecular weight excluding hydrogens is 375 g/mol. The van der Waals surface area contributed by atoms with Crippen molar-refractivity contribution in [2.45, 2.75) is 38.6 Å². The number of hydrogen-bond donors (Lipinski definition) is 2. The summed E-state index contributed by atoms with van der Waals surface area (Å²) in [5.74, 6) is -0.763. The number of urea groups is 1. The van der Waals surface area contributed by atoms with E-state index in [1.165, 1.54) is 6.07 Å². The van der Waals surface area contributed by atoms with Crippen molar-refractivity contribution in [2.24, 2.45) is 11.8 Å². The zero-order valence-electron chi connectivity index (χ0n) is 16.8. The van der Waals surface area contributed by atoms with Gasteiger partial charge in [0, 0.05) is 37.8 Å². The molecule has 2 N–H and O–H groups in total. The third-order valence-electron chi connectivity index (χ3n) is 6.39. The lowest BCUT2D eigenvalue weighted by molar-refractivity contribution is -0.136. The van der Waals surface area contributed by atoms with Crippen LogP contribution in [0.25, 0.3) is 0 Å². The fourth-order valence-electron chi connectivity index (χ4n) is 4.57. The Morgan fingerprint density at radius 2 is 1.93 bits per heavy atom. The first-order valence-electron chi connectivity index (χ1n) is 10.2. The molecule has 2 heterocycles. The van der Waals surface area contributed by atoms with Crippen molar-refractivity contribution in [3.63, 3.8) is 0 Å². The number of carbonyl (C=O) groups is 3. The Labute approximate surface area is 169 Å². The van der Waals surface area contributed by atoms with Crippen LogP contribution >= 0.6 is 0 Å². The first kappa shape index (κ1) is 19.7. The van der Waals surface area contributed by atoms with Crippen LogP contribution in [0.5, 0.6) is 0 Å². The molecule has 3 fully saturated rings. The van der Waals surface area contributed by atoms with Gasteiger partial charge in [-0.25, -0.2) is 9.18 Å². The maximum absolute atomic E-state index is 13.5. The van der Waals surface area contributed by atoms with Crippen LogP contribution in [0.4, 0.5) is 14.9 Å². The lowest BCUT2D eigenvalue weighted by atomic mass is 9.83. The van der Waals surface area contributed by atoms with E-state index in [2.05, 4.69) is 15.5 Å². The summed E-state index contributed by atoms with van der Waals surface area (Å²) in [5.41, 5.74) is 0.624.